The minimum atomic E-state index is 0.495. The molecule has 4 rings (SSSR count). The quantitative estimate of drug-likeness (QED) is 0.607. The number of anilines is 1. The number of hydrogen-bond acceptors (Lipinski definition) is 6. The molecule has 9 heteroatoms. The normalized spacial score (nSPS) is 17.0. The van der Waals surface area contributed by atoms with Crippen LogP contribution in [0.15, 0.2) is 36.9 Å². The van der Waals surface area contributed by atoms with E-state index >= 15 is 0 Å². The summed E-state index contributed by atoms with van der Waals surface area (Å²) in [5, 5.41) is 11.7. The first-order chi connectivity index (χ1) is 14.2. The van der Waals surface area contributed by atoms with Crippen molar-refractivity contribution >= 4 is 40.5 Å². The van der Waals surface area contributed by atoms with Crippen molar-refractivity contribution in [2.24, 2.45) is 0 Å². The zero-order chi connectivity index (χ0) is 20.7. The largest absolute Gasteiger partial charge is 0.369 e. The first kappa shape index (κ1) is 24.1. The highest BCUT2D eigenvalue weighted by Gasteiger charge is 2.11. The third-order valence-corrected chi connectivity index (χ3v) is 5.36. The second-order valence-corrected chi connectivity index (χ2v) is 7.78. The lowest BCUT2D eigenvalue weighted by atomic mass is 10.3. The van der Waals surface area contributed by atoms with Crippen LogP contribution in [0, 0.1) is 0 Å². The van der Waals surface area contributed by atoms with Crippen LogP contribution in [0.3, 0.4) is 0 Å². The van der Waals surface area contributed by atoms with Crippen LogP contribution in [-0.2, 0) is 0 Å². The van der Waals surface area contributed by atoms with Crippen LogP contribution in [0.2, 0.25) is 15.1 Å². The summed E-state index contributed by atoms with van der Waals surface area (Å²) in [4.78, 5) is 10.0. The number of aromatic nitrogens is 2. The SMILES string of the molecule is C1CNCCNC1.Clc1ccncc1Cl.Clc1cnccc1N1CCCNCC1. The van der Waals surface area contributed by atoms with Crippen LogP contribution in [0.1, 0.15) is 12.8 Å². The Bertz CT molecular complexity index is 655. The molecule has 2 aliphatic heterocycles. The molecule has 0 radical (unpaired) electrons. The van der Waals surface area contributed by atoms with E-state index in [9.17, 15) is 0 Å². The van der Waals surface area contributed by atoms with Crippen LogP contribution < -0.4 is 20.9 Å². The van der Waals surface area contributed by atoms with E-state index < -0.39 is 0 Å². The minimum Gasteiger partial charge on any atom is -0.369 e. The number of pyridine rings is 2. The fraction of sp³-hybridized carbons (Fsp3) is 0.500. The van der Waals surface area contributed by atoms with Gasteiger partial charge in [0.1, 0.15) is 0 Å². The van der Waals surface area contributed by atoms with Gasteiger partial charge in [0, 0.05) is 57.5 Å². The molecule has 0 saturated carbocycles. The maximum Gasteiger partial charge on any atom is 0.0822 e. The van der Waals surface area contributed by atoms with Crippen molar-refractivity contribution in [1.82, 2.24) is 25.9 Å². The average Bonchev–Trinajstić information content (AvgIpc) is 3.19. The van der Waals surface area contributed by atoms with Gasteiger partial charge >= 0.3 is 0 Å². The molecular formula is C20H29Cl3N6. The molecule has 2 aromatic rings. The van der Waals surface area contributed by atoms with E-state index in [2.05, 4.69) is 30.8 Å². The molecule has 0 spiro atoms. The van der Waals surface area contributed by atoms with Crippen molar-refractivity contribution in [3.8, 4) is 0 Å². The lowest BCUT2D eigenvalue weighted by Crippen LogP contribution is -2.28. The van der Waals surface area contributed by atoms with Crippen molar-refractivity contribution in [3.63, 3.8) is 0 Å². The number of nitrogens with one attached hydrogen (secondary N) is 3. The monoisotopic (exact) mass is 458 g/mol. The van der Waals surface area contributed by atoms with Crippen molar-refractivity contribution in [2.75, 3.05) is 57.3 Å². The molecular weight excluding hydrogens is 431 g/mol. The van der Waals surface area contributed by atoms with E-state index in [1.54, 1.807) is 24.7 Å². The zero-order valence-corrected chi connectivity index (χ0v) is 18.8. The van der Waals surface area contributed by atoms with Gasteiger partial charge in [-0.25, -0.2) is 0 Å². The minimum absolute atomic E-state index is 0.495. The van der Waals surface area contributed by atoms with Gasteiger partial charge in [-0.2, -0.15) is 0 Å². The van der Waals surface area contributed by atoms with E-state index in [1.807, 2.05) is 6.07 Å². The van der Waals surface area contributed by atoms with Crippen molar-refractivity contribution < 1.29 is 0 Å². The predicted octanol–water partition coefficient (Wildman–Crippen LogP) is 3.49. The number of rotatable bonds is 1. The van der Waals surface area contributed by atoms with Crippen LogP contribution in [0.4, 0.5) is 5.69 Å². The van der Waals surface area contributed by atoms with E-state index in [1.165, 1.54) is 32.1 Å². The fourth-order valence-corrected chi connectivity index (χ4v) is 3.30. The van der Waals surface area contributed by atoms with E-state index in [0.29, 0.717) is 10.0 Å². The van der Waals surface area contributed by atoms with Gasteiger partial charge in [-0.1, -0.05) is 34.8 Å². The van der Waals surface area contributed by atoms with E-state index in [4.69, 9.17) is 34.8 Å². The Morgan fingerprint density at radius 1 is 0.655 bits per heavy atom. The maximum atomic E-state index is 6.09. The van der Waals surface area contributed by atoms with E-state index in [-0.39, 0.29) is 0 Å². The summed E-state index contributed by atoms with van der Waals surface area (Å²) in [5.74, 6) is 0. The van der Waals surface area contributed by atoms with Crippen molar-refractivity contribution in [2.45, 2.75) is 12.8 Å². The molecule has 2 fully saturated rings. The Morgan fingerprint density at radius 3 is 1.90 bits per heavy atom. The third kappa shape index (κ3) is 9.94. The Balaban J connectivity index is 0.000000170. The van der Waals surface area contributed by atoms with E-state index in [0.717, 1.165) is 50.0 Å². The molecule has 0 amide bonds. The highest BCUT2D eigenvalue weighted by atomic mass is 35.5. The molecule has 2 aliphatic rings. The lowest BCUT2D eigenvalue weighted by Gasteiger charge is -2.22. The topological polar surface area (TPSA) is 65.1 Å². The number of nitrogens with zero attached hydrogens (tertiary/aromatic N) is 3. The summed E-state index contributed by atoms with van der Waals surface area (Å²) in [7, 11) is 0. The van der Waals surface area contributed by atoms with Gasteiger partial charge in [0.05, 0.1) is 20.8 Å². The third-order valence-electron chi connectivity index (χ3n) is 4.34. The van der Waals surface area contributed by atoms with Crippen LogP contribution >= 0.6 is 34.8 Å². The first-order valence-electron chi connectivity index (χ1n) is 9.90. The summed E-state index contributed by atoms with van der Waals surface area (Å²) in [5.41, 5.74) is 1.10. The van der Waals surface area contributed by atoms with Gasteiger partial charge in [-0.15, -0.1) is 0 Å². The van der Waals surface area contributed by atoms with Gasteiger partial charge in [-0.05, 0) is 44.6 Å². The van der Waals surface area contributed by atoms with Crippen LogP contribution in [0.5, 0.6) is 0 Å². The predicted molar refractivity (Wildman–Crippen MR) is 124 cm³/mol. The zero-order valence-electron chi connectivity index (χ0n) is 16.5. The standard InChI is InChI=1S/C10H14ClN3.C5H3Cl2N.C5H12N2/c11-9-8-13-4-2-10(9)14-6-1-3-12-5-7-14;6-4-1-2-8-3-5(4)7;1-2-6-4-5-7-3-1/h2,4,8,12H,1,3,5-7H2;1-3H;6-7H,1-5H2. The molecule has 0 bridgehead atoms. The molecule has 0 unspecified atom stereocenters. The number of hydrogen-bond donors (Lipinski definition) is 3. The van der Waals surface area contributed by atoms with Gasteiger partial charge < -0.3 is 20.9 Å². The summed E-state index contributed by atoms with van der Waals surface area (Å²) in [6.45, 7) is 8.86. The Labute approximate surface area is 188 Å². The summed E-state index contributed by atoms with van der Waals surface area (Å²) >= 11 is 17.1. The van der Waals surface area contributed by atoms with Gasteiger partial charge in [0.25, 0.3) is 0 Å². The van der Waals surface area contributed by atoms with Crippen molar-refractivity contribution in [3.05, 3.63) is 52.0 Å². The second-order valence-electron chi connectivity index (χ2n) is 6.56. The molecule has 0 atom stereocenters. The summed E-state index contributed by atoms with van der Waals surface area (Å²) in [6, 6.07) is 3.62. The summed E-state index contributed by atoms with van der Waals surface area (Å²) < 4.78 is 0. The number of halogens is 3. The Morgan fingerprint density at radius 2 is 1.28 bits per heavy atom. The molecule has 2 aromatic heterocycles. The highest BCUT2D eigenvalue weighted by Crippen LogP contribution is 2.24. The lowest BCUT2D eigenvalue weighted by molar-refractivity contribution is 0.718. The molecule has 4 heterocycles. The Kier molecular flexibility index (Phi) is 12.3. The smallest absolute Gasteiger partial charge is 0.0822 e. The van der Waals surface area contributed by atoms with Crippen molar-refractivity contribution in [1.29, 1.82) is 0 Å². The van der Waals surface area contributed by atoms with Crippen LogP contribution in [-0.4, -0.2) is 62.3 Å². The molecule has 160 valence electrons. The highest BCUT2D eigenvalue weighted by molar-refractivity contribution is 6.41. The van der Waals surface area contributed by atoms with Crippen LogP contribution in [0.25, 0.3) is 0 Å². The molecule has 6 nitrogen and oxygen atoms in total. The van der Waals surface area contributed by atoms with Gasteiger partial charge in [0.2, 0.25) is 0 Å². The second kappa shape index (κ2) is 14.8. The molecule has 0 aromatic carbocycles. The molecule has 29 heavy (non-hydrogen) atoms. The maximum absolute atomic E-state index is 6.09. The Hall–Kier alpha value is -1.15. The molecule has 0 aliphatic carbocycles. The first-order valence-corrected chi connectivity index (χ1v) is 11.0. The average molecular weight is 460 g/mol. The van der Waals surface area contributed by atoms with Gasteiger partial charge in [0.15, 0.2) is 0 Å². The molecule has 3 N–H and O–H groups in total. The fourth-order valence-electron chi connectivity index (χ4n) is 2.83. The van der Waals surface area contributed by atoms with Gasteiger partial charge in [-0.3, -0.25) is 9.97 Å². The summed E-state index contributed by atoms with van der Waals surface area (Å²) in [6.07, 6.45) is 9.03. The molecule has 2 saturated heterocycles.